The predicted molar refractivity (Wildman–Crippen MR) is 38.9 cm³/mol. The molecule has 5 nitrogen and oxygen atoms in total. The summed E-state index contributed by atoms with van der Waals surface area (Å²) in [5, 5.41) is 14.2. The fourth-order valence-electron chi connectivity index (χ4n) is 0.176. The first-order valence-electron chi connectivity index (χ1n) is 1.95. The number of hydrogen-bond donors (Lipinski definition) is 2. The van der Waals surface area contributed by atoms with E-state index in [1.54, 1.807) is 6.20 Å². The Morgan fingerprint density at radius 2 is 1.90 bits per heavy atom. The van der Waals surface area contributed by atoms with Gasteiger partial charge < -0.3 is 19.9 Å². The van der Waals surface area contributed by atoms with Crippen LogP contribution in [0.5, 0.6) is 0 Å². The first-order chi connectivity index (χ1) is 3.91. The van der Waals surface area contributed by atoms with Crippen LogP contribution in [0.15, 0.2) is 23.3 Å². The Morgan fingerprint density at radius 1 is 1.40 bits per heavy atom. The van der Waals surface area contributed by atoms with Gasteiger partial charge in [0.15, 0.2) is 6.39 Å². The summed E-state index contributed by atoms with van der Waals surface area (Å²) >= 11 is 0. The number of aromatic nitrogens is 1. The molecule has 10 heavy (non-hydrogen) atoms. The predicted octanol–water partition coefficient (Wildman–Crippen LogP) is -2.56. The van der Waals surface area contributed by atoms with Crippen molar-refractivity contribution in [3.05, 3.63) is 18.9 Å². The maximum absolute atomic E-state index is 7.12. The third-order valence-corrected chi connectivity index (χ3v) is 0.347. The van der Waals surface area contributed by atoms with E-state index in [-0.39, 0.29) is 35.0 Å². The molecule has 0 aliphatic rings. The summed E-state index contributed by atoms with van der Waals surface area (Å²) < 4.78 is 4.47. The number of rotatable bonds is 0. The van der Waals surface area contributed by atoms with E-state index < -0.39 is 7.69 Å². The summed E-state index contributed by atoms with van der Waals surface area (Å²) in [5.74, 6) is 0. The summed E-state index contributed by atoms with van der Waals surface area (Å²) in [6.07, 6.45) is 4.47. The van der Waals surface area contributed by atoms with E-state index in [0.717, 1.165) is 0 Å². The van der Waals surface area contributed by atoms with Crippen molar-refractivity contribution in [1.29, 1.82) is 0 Å². The van der Waals surface area contributed by atoms with Gasteiger partial charge in [-0.15, -0.1) is 0 Å². The van der Waals surface area contributed by atoms with E-state index in [1.807, 2.05) is 0 Å². The standard InChI is InChI=1S/C3H3NO.BH3O2.Na.H2O.H/c1-2-5-3-4-1;2-1-3;;;/h1-3H;1-3H;;1H2;. The van der Waals surface area contributed by atoms with Gasteiger partial charge in [0.25, 0.3) is 0 Å². The minimum absolute atomic E-state index is 0. The zero-order valence-electron chi connectivity index (χ0n) is 4.69. The van der Waals surface area contributed by atoms with E-state index >= 15 is 0 Å². The van der Waals surface area contributed by atoms with Crippen LogP contribution in [0.25, 0.3) is 0 Å². The van der Waals surface area contributed by atoms with Gasteiger partial charge in [0.1, 0.15) is 6.26 Å². The van der Waals surface area contributed by atoms with E-state index in [1.165, 1.54) is 12.7 Å². The Morgan fingerprint density at radius 3 is 2.00 bits per heavy atom. The number of hydrogen-bond acceptors (Lipinski definition) is 4. The summed E-state index contributed by atoms with van der Waals surface area (Å²) in [6.45, 7) is 0. The molecular weight excluding hydrogens is 148 g/mol. The molecule has 0 aliphatic heterocycles. The van der Waals surface area contributed by atoms with Crippen LogP contribution in [0.3, 0.4) is 0 Å². The SMILES string of the molecule is O.OBO.[NaH].c1cocn1. The van der Waals surface area contributed by atoms with Crippen molar-refractivity contribution in [2.75, 3.05) is 0 Å². The summed E-state index contributed by atoms with van der Waals surface area (Å²) in [5.41, 5.74) is 0. The molecular formula is C3H9BNNaO4. The van der Waals surface area contributed by atoms with Gasteiger partial charge in [0, 0.05) is 0 Å². The van der Waals surface area contributed by atoms with Crippen molar-refractivity contribution in [2.45, 2.75) is 0 Å². The monoisotopic (exact) mass is 157 g/mol. The first-order valence-corrected chi connectivity index (χ1v) is 1.95. The molecule has 7 heteroatoms. The van der Waals surface area contributed by atoms with E-state index in [4.69, 9.17) is 10.0 Å². The van der Waals surface area contributed by atoms with Crippen molar-refractivity contribution < 1.29 is 19.9 Å². The quantitative estimate of drug-likeness (QED) is 0.404. The largest absolute Gasteiger partial charge is 0.452 e. The second-order valence-corrected chi connectivity index (χ2v) is 0.817. The minimum Gasteiger partial charge on any atom is -0.452 e. The van der Waals surface area contributed by atoms with Crippen molar-refractivity contribution in [1.82, 2.24) is 4.98 Å². The molecule has 0 radical (unpaired) electrons. The minimum atomic E-state index is -0.750. The Bertz CT molecular complexity index is 87.4. The van der Waals surface area contributed by atoms with Crippen LogP contribution in [0.2, 0.25) is 0 Å². The molecule has 4 N–H and O–H groups in total. The molecule has 54 valence electrons. The van der Waals surface area contributed by atoms with Crippen LogP contribution >= 0.6 is 0 Å². The summed E-state index contributed by atoms with van der Waals surface area (Å²) in [4.78, 5) is 3.56. The second-order valence-electron chi connectivity index (χ2n) is 0.817. The van der Waals surface area contributed by atoms with Gasteiger partial charge in [-0.1, -0.05) is 0 Å². The van der Waals surface area contributed by atoms with Crippen LogP contribution in [-0.4, -0.2) is 57.8 Å². The van der Waals surface area contributed by atoms with Crippen molar-refractivity contribution >= 4 is 37.2 Å². The number of nitrogens with zero attached hydrogens (tertiary/aromatic N) is 1. The Kier molecular flexibility index (Phi) is 26.7. The van der Waals surface area contributed by atoms with Gasteiger partial charge in [0.05, 0.1) is 6.20 Å². The van der Waals surface area contributed by atoms with Gasteiger partial charge in [-0.05, 0) is 0 Å². The average Bonchev–Trinajstić information content (AvgIpc) is 2.17. The molecule has 1 aromatic heterocycles. The van der Waals surface area contributed by atoms with Gasteiger partial charge in [0.2, 0.25) is 0 Å². The molecule has 0 saturated heterocycles. The van der Waals surface area contributed by atoms with Crippen LogP contribution in [-0.2, 0) is 0 Å². The molecule has 0 bridgehead atoms. The Balaban J connectivity index is -0.0000000900. The molecule has 0 fully saturated rings. The molecule has 1 aromatic rings. The third-order valence-electron chi connectivity index (χ3n) is 0.347. The second kappa shape index (κ2) is 16.1. The number of oxazole rings is 1. The van der Waals surface area contributed by atoms with Crippen molar-refractivity contribution in [3.8, 4) is 0 Å². The Labute approximate surface area is 81.0 Å². The van der Waals surface area contributed by atoms with Crippen molar-refractivity contribution in [2.24, 2.45) is 0 Å². The fourth-order valence-corrected chi connectivity index (χ4v) is 0.176. The van der Waals surface area contributed by atoms with E-state index in [9.17, 15) is 0 Å². The van der Waals surface area contributed by atoms with Gasteiger partial charge >= 0.3 is 37.2 Å². The summed E-state index contributed by atoms with van der Waals surface area (Å²) in [7, 11) is -0.750. The van der Waals surface area contributed by atoms with Crippen LogP contribution in [0, 0.1) is 0 Å². The summed E-state index contributed by atoms with van der Waals surface area (Å²) in [6, 6.07) is 0. The molecule has 0 atom stereocenters. The molecule has 0 amide bonds. The average molecular weight is 157 g/mol. The molecule has 0 spiro atoms. The van der Waals surface area contributed by atoms with Gasteiger partial charge in [-0.25, -0.2) is 4.98 Å². The maximum atomic E-state index is 7.12. The maximum Gasteiger partial charge on any atom is 0.180 e. The molecule has 0 aromatic carbocycles. The van der Waals surface area contributed by atoms with E-state index in [2.05, 4.69) is 9.40 Å². The smallest absolute Gasteiger partial charge is 0.180 e. The van der Waals surface area contributed by atoms with Crippen LogP contribution in [0.4, 0.5) is 0 Å². The molecule has 1 rings (SSSR count). The topological polar surface area (TPSA) is 98.0 Å². The van der Waals surface area contributed by atoms with E-state index in [0.29, 0.717) is 0 Å². The van der Waals surface area contributed by atoms with Gasteiger partial charge in [-0.3, -0.25) is 0 Å². The third kappa shape index (κ3) is 15.7. The molecule has 0 unspecified atom stereocenters. The van der Waals surface area contributed by atoms with Gasteiger partial charge in [-0.2, -0.15) is 0 Å². The fraction of sp³-hybridized carbons (Fsp3) is 0. The van der Waals surface area contributed by atoms with Crippen LogP contribution in [0.1, 0.15) is 0 Å². The zero-order chi connectivity index (χ0) is 6.24. The zero-order valence-corrected chi connectivity index (χ0v) is 4.69. The Hall–Kier alpha value is 0.155. The molecule has 1 heterocycles. The van der Waals surface area contributed by atoms with Crippen molar-refractivity contribution in [3.63, 3.8) is 0 Å². The normalized spacial score (nSPS) is 5.40. The van der Waals surface area contributed by atoms with Crippen LogP contribution < -0.4 is 0 Å². The molecule has 0 aliphatic carbocycles. The molecule has 0 saturated carbocycles. The first kappa shape index (κ1) is 16.6.